The third-order valence-corrected chi connectivity index (χ3v) is 6.46. The summed E-state index contributed by atoms with van der Waals surface area (Å²) in [5.41, 5.74) is 0.855. The molecule has 10 heteroatoms. The number of hydrogen-bond donors (Lipinski definition) is 1. The summed E-state index contributed by atoms with van der Waals surface area (Å²) < 4.78 is 48.2. The van der Waals surface area contributed by atoms with Crippen molar-refractivity contribution in [3.63, 3.8) is 0 Å². The van der Waals surface area contributed by atoms with E-state index in [2.05, 4.69) is 5.32 Å². The fraction of sp³-hybridized carbons (Fsp3) is 0.214. The van der Waals surface area contributed by atoms with E-state index in [1.54, 1.807) is 30.9 Å². The van der Waals surface area contributed by atoms with Gasteiger partial charge in [-0.15, -0.1) is 0 Å². The van der Waals surface area contributed by atoms with Crippen LogP contribution in [0.1, 0.15) is 36.9 Å². The van der Waals surface area contributed by atoms with E-state index in [9.17, 15) is 22.8 Å². The van der Waals surface area contributed by atoms with Crippen LogP contribution in [0.25, 0.3) is 5.69 Å². The minimum absolute atomic E-state index is 0.371. The highest BCUT2D eigenvalue weighted by Gasteiger charge is 2.39. The Labute approximate surface area is 217 Å². The summed E-state index contributed by atoms with van der Waals surface area (Å²) in [6, 6.07) is 17.5. The molecular weight excluding hydrogens is 497 g/mol. The predicted molar refractivity (Wildman–Crippen MR) is 136 cm³/mol. The zero-order chi connectivity index (χ0) is 27.0. The third kappa shape index (κ3) is 4.53. The first-order valence-corrected chi connectivity index (χ1v) is 12.0. The lowest BCUT2D eigenvalue weighted by Crippen LogP contribution is -2.49. The molecule has 2 aromatic heterocycles. The number of hydrogen-bond acceptors (Lipinski definition) is 3. The summed E-state index contributed by atoms with van der Waals surface area (Å²) in [5.74, 6) is 0.117. The Balaban J connectivity index is 1.48. The molecule has 1 N–H and O–H groups in total. The van der Waals surface area contributed by atoms with Crippen molar-refractivity contribution in [2.45, 2.75) is 32.1 Å². The van der Waals surface area contributed by atoms with Crippen molar-refractivity contribution >= 4 is 23.3 Å². The molecule has 0 fully saturated rings. The Morgan fingerprint density at radius 2 is 1.68 bits per heavy atom. The van der Waals surface area contributed by atoms with E-state index in [-0.39, 0.29) is 12.2 Å². The van der Waals surface area contributed by atoms with Gasteiger partial charge in [0.25, 0.3) is 0 Å². The van der Waals surface area contributed by atoms with Gasteiger partial charge < -0.3 is 19.2 Å². The second kappa shape index (κ2) is 9.77. The molecule has 1 aliphatic rings. The summed E-state index contributed by atoms with van der Waals surface area (Å²) in [6.45, 7) is 3.02. The number of para-hydroxylation sites is 3. The number of benzene rings is 2. The van der Waals surface area contributed by atoms with Crippen LogP contribution in [0, 0.1) is 0 Å². The van der Waals surface area contributed by atoms with Gasteiger partial charge in [0.2, 0.25) is 5.91 Å². The molecule has 1 atom stereocenters. The highest BCUT2D eigenvalue weighted by Crippen LogP contribution is 2.42. The number of amides is 3. The van der Waals surface area contributed by atoms with Crippen LogP contribution in [0.2, 0.25) is 0 Å². The van der Waals surface area contributed by atoms with E-state index in [1.165, 1.54) is 29.4 Å². The monoisotopic (exact) mass is 522 g/mol. The Kier molecular flexibility index (Phi) is 6.48. The number of anilines is 2. The molecule has 1 unspecified atom stereocenters. The van der Waals surface area contributed by atoms with Gasteiger partial charge in [-0.3, -0.25) is 9.69 Å². The quantitative estimate of drug-likeness (QED) is 0.327. The van der Waals surface area contributed by atoms with Gasteiger partial charge in [0.1, 0.15) is 18.3 Å². The lowest BCUT2D eigenvalue weighted by Gasteiger charge is -2.38. The zero-order valence-electron chi connectivity index (χ0n) is 20.6. The number of furan rings is 1. The molecule has 196 valence electrons. The Morgan fingerprint density at radius 3 is 2.37 bits per heavy atom. The summed E-state index contributed by atoms with van der Waals surface area (Å²) in [6.07, 6.45) is -1.22. The highest BCUT2D eigenvalue weighted by molar-refractivity contribution is 6.01. The van der Waals surface area contributed by atoms with Crippen LogP contribution in [-0.2, 0) is 11.0 Å². The average molecular weight is 523 g/mol. The molecule has 3 amide bonds. The van der Waals surface area contributed by atoms with Crippen molar-refractivity contribution in [1.82, 2.24) is 9.47 Å². The van der Waals surface area contributed by atoms with Gasteiger partial charge in [0.15, 0.2) is 0 Å². The maximum absolute atomic E-state index is 14.0. The number of carbonyl (C=O) groups excluding carboxylic acids is 2. The molecule has 0 aliphatic carbocycles. The Morgan fingerprint density at radius 1 is 0.974 bits per heavy atom. The van der Waals surface area contributed by atoms with Crippen molar-refractivity contribution < 1.29 is 27.2 Å². The topological polar surface area (TPSA) is 70.7 Å². The summed E-state index contributed by atoms with van der Waals surface area (Å²) >= 11 is 0. The largest absolute Gasteiger partial charge is 0.467 e. The van der Waals surface area contributed by atoms with Gasteiger partial charge in [0.05, 0.1) is 34.6 Å². The smallest absolute Gasteiger partial charge is 0.418 e. The van der Waals surface area contributed by atoms with Gasteiger partial charge in [-0.1, -0.05) is 24.3 Å². The number of carbonyl (C=O) groups is 2. The van der Waals surface area contributed by atoms with Gasteiger partial charge in [-0.2, -0.15) is 13.2 Å². The molecule has 0 radical (unpaired) electrons. The Hall–Kier alpha value is -4.47. The predicted octanol–water partition coefficient (Wildman–Crippen LogP) is 6.47. The maximum Gasteiger partial charge on any atom is 0.418 e. The van der Waals surface area contributed by atoms with Crippen LogP contribution in [-0.4, -0.2) is 34.0 Å². The number of rotatable bonds is 5. The van der Waals surface area contributed by atoms with Gasteiger partial charge >= 0.3 is 12.2 Å². The normalized spacial score (nSPS) is 14.7. The molecule has 1 aliphatic heterocycles. The SMILES string of the molecule is CC(C)N(CC(=O)N1c2ccccc2-n2cccc2C1c1ccco1)C(=O)Nc1ccccc1C(F)(F)F. The summed E-state index contributed by atoms with van der Waals surface area (Å²) in [5, 5.41) is 2.35. The average Bonchev–Trinajstić information content (AvgIpc) is 3.58. The standard InChI is InChI=1S/C28H25F3N4O3/c1-18(2)34(27(37)32-20-10-4-3-9-19(20)28(29,30)31)17-25(36)35-22-12-6-5-11-21(22)33-15-7-13-23(33)26(35)24-14-8-16-38-24/h3-16,18,26H,17H2,1-2H3,(H,32,37). The third-order valence-electron chi connectivity index (χ3n) is 6.46. The molecule has 0 saturated carbocycles. The van der Waals surface area contributed by atoms with Crippen molar-refractivity contribution in [3.8, 4) is 5.69 Å². The summed E-state index contributed by atoms with van der Waals surface area (Å²) in [4.78, 5) is 30.0. The Bertz CT molecular complexity index is 1460. The van der Waals surface area contributed by atoms with Crippen LogP contribution >= 0.6 is 0 Å². The van der Waals surface area contributed by atoms with E-state index in [1.807, 2.05) is 47.2 Å². The van der Waals surface area contributed by atoms with Crippen molar-refractivity contribution in [2.75, 3.05) is 16.8 Å². The minimum atomic E-state index is -4.65. The lowest BCUT2D eigenvalue weighted by molar-refractivity contribution is -0.137. The lowest BCUT2D eigenvalue weighted by atomic mass is 10.0. The molecule has 7 nitrogen and oxygen atoms in total. The number of nitrogens with one attached hydrogen (secondary N) is 1. The molecule has 2 aromatic carbocycles. The van der Waals surface area contributed by atoms with Crippen molar-refractivity contribution in [3.05, 3.63) is 102 Å². The minimum Gasteiger partial charge on any atom is -0.467 e. The number of aromatic nitrogens is 1. The van der Waals surface area contributed by atoms with Crippen molar-refractivity contribution in [1.29, 1.82) is 0 Å². The molecule has 0 saturated heterocycles. The fourth-order valence-corrected chi connectivity index (χ4v) is 4.71. The summed E-state index contributed by atoms with van der Waals surface area (Å²) in [7, 11) is 0. The maximum atomic E-state index is 14.0. The second-order valence-corrected chi connectivity index (χ2v) is 9.17. The number of urea groups is 1. The fourth-order valence-electron chi connectivity index (χ4n) is 4.71. The van der Waals surface area contributed by atoms with E-state index in [0.717, 1.165) is 17.4 Å². The molecule has 0 bridgehead atoms. The first kappa shape index (κ1) is 25.2. The van der Waals surface area contributed by atoms with Gasteiger partial charge in [-0.05, 0) is 62.4 Å². The van der Waals surface area contributed by atoms with Crippen LogP contribution in [0.4, 0.5) is 29.3 Å². The van der Waals surface area contributed by atoms with E-state index < -0.39 is 35.8 Å². The van der Waals surface area contributed by atoms with Crippen LogP contribution in [0.3, 0.4) is 0 Å². The molecule has 38 heavy (non-hydrogen) atoms. The van der Waals surface area contributed by atoms with E-state index >= 15 is 0 Å². The van der Waals surface area contributed by atoms with Gasteiger partial charge in [-0.25, -0.2) is 4.79 Å². The number of fused-ring (bicyclic) bond motifs is 3. The number of alkyl halides is 3. The van der Waals surface area contributed by atoms with E-state index in [0.29, 0.717) is 11.4 Å². The first-order valence-electron chi connectivity index (χ1n) is 12.0. The van der Waals surface area contributed by atoms with E-state index in [4.69, 9.17) is 4.42 Å². The molecular formula is C28H25F3N4O3. The molecule has 5 rings (SSSR count). The zero-order valence-corrected chi connectivity index (χ0v) is 20.6. The first-order chi connectivity index (χ1) is 18.2. The van der Waals surface area contributed by atoms with Crippen molar-refractivity contribution in [2.24, 2.45) is 0 Å². The molecule has 0 spiro atoms. The second-order valence-electron chi connectivity index (χ2n) is 9.17. The van der Waals surface area contributed by atoms with Crippen LogP contribution in [0.15, 0.2) is 89.7 Å². The number of halogens is 3. The van der Waals surface area contributed by atoms with Crippen LogP contribution < -0.4 is 10.2 Å². The molecule has 4 aromatic rings. The number of nitrogens with zero attached hydrogens (tertiary/aromatic N) is 3. The van der Waals surface area contributed by atoms with Gasteiger partial charge in [0, 0.05) is 12.2 Å². The molecule has 3 heterocycles. The van der Waals surface area contributed by atoms with Crippen LogP contribution in [0.5, 0.6) is 0 Å². The highest BCUT2D eigenvalue weighted by atomic mass is 19.4.